The Balaban J connectivity index is 1.93. The van der Waals surface area contributed by atoms with E-state index in [9.17, 15) is 14.7 Å². The fraction of sp³-hybridized carbons (Fsp3) is 0.174. The van der Waals surface area contributed by atoms with E-state index in [1.807, 2.05) is 17.5 Å². The number of aromatic nitrogens is 1. The van der Waals surface area contributed by atoms with Gasteiger partial charge in [0.1, 0.15) is 22.8 Å². The third-order valence-electron chi connectivity index (χ3n) is 5.13. The van der Waals surface area contributed by atoms with Crippen LogP contribution in [0.3, 0.4) is 0 Å². The number of aliphatic hydroxyl groups is 1. The van der Waals surface area contributed by atoms with Crippen molar-refractivity contribution in [2.75, 3.05) is 14.2 Å². The summed E-state index contributed by atoms with van der Waals surface area (Å²) in [5.74, 6) is -1.12. The SMILES string of the molecule is COc1cccc(OC)c1/C(O)=C1\C(=O)C(=O)N(Cc2cccs2)C1c1ccncc1. The van der Waals surface area contributed by atoms with Crippen molar-refractivity contribution in [1.29, 1.82) is 0 Å². The highest BCUT2D eigenvalue weighted by atomic mass is 32.1. The number of ether oxygens (including phenoxy) is 2. The van der Waals surface area contributed by atoms with Crippen LogP contribution >= 0.6 is 11.3 Å². The molecule has 158 valence electrons. The molecule has 2 aromatic heterocycles. The van der Waals surface area contributed by atoms with Crippen LogP contribution in [0.15, 0.2) is 65.8 Å². The maximum absolute atomic E-state index is 13.1. The van der Waals surface area contributed by atoms with Crippen LogP contribution in [-0.2, 0) is 16.1 Å². The number of amides is 1. The molecule has 3 heterocycles. The number of methoxy groups -OCH3 is 2. The maximum Gasteiger partial charge on any atom is 0.295 e. The van der Waals surface area contributed by atoms with Crippen LogP contribution < -0.4 is 9.47 Å². The zero-order valence-electron chi connectivity index (χ0n) is 16.9. The zero-order valence-corrected chi connectivity index (χ0v) is 17.8. The number of pyridine rings is 1. The van der Waals surface area contributed by atoms with Gasteiger partial charge in [0.15, 0.2) is 0 Å². The Morgan fingerprint density at radius 1 is 1.06 bits per heavy atom. The predicted octanol–water partition coefficient (Wildman–Crippen LogP) is 3.78. The molecule has 1 aromatic carbocycles. The van der Waals surface area contributed by atoms with Crippen molar-refractivity contribution in [3.8, 4) is 11.5 Å². The van der Waals surface area contributed by atoms with Gasteiger partial charge in [-0.2, -0.15) is 0 Å². The molecule has 0 radical (unpaired) electrons. The second-order valence-corrected chi connectivity index (χ2v) is 7.86. The lowest BCUT2D eigenvalue weighted by molar-refractivity contribution is -0.140. The van der Waals surface area contributed by atoms with E-state index in [-0.39, 0.29) is 23.4 Å². The molecule has 1 unspecified atom stereocenters. The number of nitrogens with zero attached hydrogens (tertiary/aromatic N) is 2. The van der Waals surface area contributed by atoms with Crippen molar-refractivity contribution in [3.05, 3.63) is 81.8 Å². The van der Waals surface area contributed by atoms with Crippen molar-refractivity contribution in [2.24, 2.45) is 0 Å². The van der Waals surface area contributed by atoms with Gasteiger partial charge in [-0.15, -0.1) is 11.3 Å². The summed E-state index contributed by atoms with van der Waals surface area (Å²) in [6, 6.07) is 11.5. The van der Waals surface area contributed by atoms with E-state index in [1.165, 1.54) is 30.5 Å². The Kier molecular flexibility index (Phi) is 5.73. The summed E-state index contributed by atoms with van der Waals surface area (Å²) in [4.78, 5) is 32.6. The first kappa shape index (κ1) is 20.6. The van der Waals surface area contributed by atoms with Crippen LogP contribution in [0.25, 0.3) is 5.76 Å². The molecule has 7 nitrogen and oxygen atoms in total. The summed E-state index contributed by atoms with van der Waals surface area (Å²) < 4.78 is 10.8. The molecule has 31 heavy (non-hydrogen) atoms. The first-order chi connectivity index (χ1) is 15.1. The number of likely N-dealkylation sites (tertiary alicyclic amines) is 1. The number of thiophene rings is 1. The lowest BCUT2D eigenvalue weighted by atomic mass is 9.95. The van der Waals surface area contributed by atoms with Crippen LogP contribution in [0.5, 0.6) is 11.5 Å². The van der Waals surface area contributed by atoms with Gasteiger partial charge in [0.2, 0.25) is 0 Å². The molecule has 3 aromatic rings. The van der Waals surface area contributed by atoms with Gasteiger partial charge in [0.05, 0.1) is 32.4 Å². The topological polar surface area (TPSA) is 89.0 Å². The fourth-order valence-electron chi connectivity index (χ4n) is 3.73. The van der Waals surface area contributed by atoms with Crippen LogP contribution in [0, 0.1) is 0 Å². The van der Waals surface area contributed by atoms with Gasteiger partial charge in [-0.25, -0.2) is 0 Å². The van der Waals surface area contributed by atoms with E-state index in [1.54, 1.807) is 42.7 Å². The smallest absolute Gasteiger partial charge is 0.295 e. The molecule has 0 spiro atoms. The van der Waals surface area contributed by atoms with E-state index in [0.717, 1.165) is 4.88 Å². The average molecular weight is 436 g/mol. The largest absolute Gasteiger partial charge is 0.506 e. The number of hydrogen-bond donors (Lipinski definition) is 1. The number of carbonyl (C=O) groups excluding carboxylic acids is 2. The monoisotopic (exact) mass is 436 g/mol. The lowest BCUT2D eigenvalue weighted by Crippen LogP contribution is -2.28. The van der Waals surface area contributed by atoms with E-state index in [0.29, 0.717) is 17.1 Å². The molecule has 0 bridgehead atoms. The Hall–Kier alpha value is -3.65. The Labute approximate surface area is 183 Å². The number of hydrogen-bond acceptors (Lipinski definition) is 7. The fourth-order valence-corrected chi connectivity index (χ4v) is 4.43. The quantitative estimate of drug-likeness (QED) is 0.359. The molecule has 1 fully saturated rings. The summed E-state index contributed by atoms with van der Waals surface area (Å²) in [6.07, 6.45) is 3.18. The molecule has 0 aliphatic carbocycles. The molecule has 1 aliphatic heterocycles. The average Bonchev–Trinajstić information content (AvgIpc) is 3.41. The van der Waals surface area contributed by atoms with Gasteiger partial charge in [-0.1, -0.05) is 12.1 Å². The van der Waals surface area contributed by atoms with E-state index >= 15 is 0 Å². The molecular weight excluding hydrogens is 416 g/mol. The minimum atomic E-state index is -0.778. The third kappa shape index (κ3) is 3.66. The molecule has 0 saturated carbocycles. The molecular formula is C23H20N2O5S. The van der Waals surface area contributed by atoms with Crippen LogP contribution in [0.1, 0.15) is 22.0 Å². The molecule has 1 saturated heterocycles. The summed E-state index contributed by atoms with van der Waals surface area (Å²) >= 11 is 1.49. The second-order valence-electron chi connectivity index (χ2n) is 6.82. The summed E-state index contributed by atoms with van der Waals surface area (Å²) in [5, 5.41) is 13.2. The second kappa shape index (κ2) is 8.61. The van der Waals surface area contributed by atoms with Gasteiger partial charge in [-0.3, -0.25) is 14.6 Å². The first-order valence-electron chi connectivity index (χ1n) is 9.49. The maximum atomic E-state index is 13.1. The zero-order chi connectivity index (χ0) is 22.0. The first-order valence-corrected chi connectivity index (χ1v) is 10.4. The van der Waals surface area contributed by atoms with Gasteiger partial charge in [-0.05, 0) is 41.3 Å². The van der Waals surface area contributed by atoms with Gasteiger partial charge < -0.3 is 19.5 Å². The number of Topliss-reactive ketones (excluding diaryl/α,β-unsaturated/α-hetero) is 1. The molecule has 1 atom stereocenters. The highest BCUT2D eigenvalue weighted by Crippen LogP contribution is 2.43. The normalized spacial score (nSPS) is 17.7. The number of benzene rings is 1. The van der Waals surface area contributed by atoms with Crippen LogP contribution in [0.4, 0.5) is 0 Å². The number of carbonyl (C=O) groups is 2. The van der Waals surface area contributed by atoms with Crippen LogP contribution in [-0.4, -0.2) is 40.9 Å². The number of ketones is 1. The van der Waals surface area contributed by atoms with Gasteiger partial charge in [0, 0.05) is 17.3 Å². The number of aliphatic hydroxyl groups excluding tert-OH is 1. The Bertz CT molecular complexity index is 1120. The minimum absolute atomic E-state index is 0.0180. The molecule has 4 rings (SSSR count). The highest BCUT2D eigenvalue weighted by Gasteiger charge is 2.46. The Morgan fingerprint density at radius 2 is 1.74 bits per heavy atom. The van der Waals surface area contributed by atoms with Gasteiger partial charge in [0.25, 0.3) is 11.7 Å². The van der Waals surface area contributed by atoms with Crippen molar-refractivity contribution in [1.82, 2.24) is 9.88 Å². The van der Waals surface area contributed by atoms with Crippen molar-refractivity contribution in [3.63, 3.8) is 0 Å². The lowest BCUT2D eigenvalue weighted by Gasteiger charge is -2.25. The van der Waals surface area contributed by atoms with E-state index in [2.05, 4.69) is 4.98 Å². The van der Waals surface area contributed by atoms with Crippen molar-refractivity contribution in [2.45, 2.75) is 12.6 Å². The highest BCUT2D eigenvalue weighted by molar-refractivity contribution is 7.09. The molecule has 1 amide bonds. The minimum Gasteiger partial charge on any atom is -0.506 e. The van der Waals surface area contributed by atoms with E-state index < -0.39 is 17.7 Å². The summed E-state index contributed by atoms with van der Waals surface area (Å²) in [5.41, 5.74) is 0.873. The van der Waals surface area contributed by atoms with Crippen LogP contribution in [0.2, 0.25) is 0 Å². The molecule has 1 N–H and O–H groups in total. The predicted molar refractivity (Wildman–Crippen MR) is 116 cm³/mol. The summed E-state index contributed by atoms with van der Waals surface area (Å²) in [7, 11) is 2.92. The Morgan fingerprint density at radius 3 is 2.32 bits per heavy atom. The van der Waals surface area contributed by atoms with Gasteiger partial charge >= 0.3 is 0 Å². The van der Waals surface area contributed by atoms with E-state index in [4.69, 9.17) is 9.47 Å². The summed E-state index contributed by atoms with van der Waals surface area (Å²) in [6.45, 7) is 0.245. The number of rotatable bonds is 6. The molecule has 1 aliphatic rings. The van der Waals surface area contributed by atoms with Crippen molar-refractivity contribution >= 4 is 28.8 Å². The van der Waals surface area contributed by atoms with Crippen molar-refractivity contribution < 1.29 is 24.2 Å². The standard InChI is InChI=1S/C23H20N2O5S/c1-29-16-6-3-7-17(30-2)18(16)21(26)19-20(14-8-10-24-11-9-14)25(23(28)22(19)27)13-15-5-4-12-31-15/h3-12,20,26H,13H2,1-2H3/b21-19+. The third-order valence-corrected chi connectivity index (χ3v) is 5.99. The molecule has 8 heteroatoms.